The second kappa shape index (κ2) is 4.61. The molecule has 0 N–H and O–H groups in total. The van der Waals surface area contributed by atoms with Crippen LogP contribution in [0.4, 0.5) is 0 Å². The van der Waals surface area contributed by atoms with Gasteiger partial charge in [-0.15, -0.1) is 0 Å². The Morgan fingerprint density at radius 1 is 0.556 bits per heavy atom. The van der Waals surface area contributed by atoms with Gasteiger partial charge in [-0.3, -0.25) is 0 Å². The van der Waals surface area contributed by atoms with Crippen molar-refractivity contribution in [2.24, 2.45) is 0 Å². The number of rotatable bonds is 1. The Kier molecular flexibility index (Phi) is 3.30. The van der Waals surface area contributed by atoms with E-state index in [0.717, 1.165) is 0 Å². The smallest absolute Gasteiger partial charge is 0.0122 e. The van der Waals surface area contributed by atoms with Crippen molar-refractivity contribution >= 4 is 0 Å². The number of aryl methyl sites for hydroxylation is 4. The van der Waals surface area contributed by atoms with Crippen LogP contribution in [0.2, 0.25) is 0 Å². The Hall–Kier alpha value is -1.56. The normalized spacial score (nSPS) is 10.8. The monoisotopic (exact) mass is 238 g/mol. The standard InChI is InChI=1S/C18H22/c1-11-7-12(2)9-17(8-11)18-14(4)10-13(3)15(5)16(18)6/h7-10H,1-6H3. The van der Waals surface area contributed by atoms with E-state index in [0.29, 0.717) is 0 Å². The molecule has 0 saturated carbocycles. The van der Waals surface area contributed by atoms with Gasteiger partial charge in [0, 0.05) is 0 Å². The van der Waals surface area contributed by atoms with E-state index in [1.807, 2.05) is 0 Å². The summed E-state index contributed by atoms with van der Waals surface area (Å²) in [5.41, 5.74) is 11.0. The topological polar surface area (TPSA) is 0 Å². The van der Waals surface area contributed by atoms with E-state index in [9.17, 15) is 0 Å². The lowest BCUT2D eigenvalue weighted by Crippen LogP contribution is -1.95. The first-order chi connectivity index (χ1) is 8.40. The Bertz CT molecular complexity index is 584. The third-order valence-corrected chi connectivity index (χ3v) is 3.87. The minimum atomic E-state index is 1.34. The summed E-state index contributed by atoms with van der Waals surface area (Å²) in [4.78, 5) is 0. The largest absolute Gasteiger partial charge is 0.0563 e. The van der Waals surface area contributed by atoms with E-state index in [4.69, 9.17) is 0 Å². The van der Waals surface area contributed by atoms with Gasteiger partial charge in [0.15, 0.2) is 0 Å². The van der Waals surface area contributed by atoms with Gasteiger partial charge in [0.1, 0.15) is 0 Å². The van der Waals surface area contributed by atoms with Crippen molar-refractivity contribution in [3.63, 3.8) is 0 Å². The molecule has 0 aromatic heterocycles. The molecule has 0 heteroatoms. The zero-order valence-corrected chi connectivity index (χ0v) is 12.3. The summed E-state index contributed by atoms with van der Waals surface area (Å²) in [5.74, 6) is 0. The van der Waals surface area contributed by atoms with Crippen LogP contribution in [0.3, 0.4) is 0 Å². The van der Waals surface area contributed by atoms with Gasteiger partial charge in [-0.25, -0.2) is 0 Å². The van der Waals surface area contributed by atoms with Gasteiger partial charge in [0.25, 0.3) is 0 Å². The van der Waals surface area contributed by atoms with Crippen LogP contribution < -0.4 is 0 Å². The van der Waals surface area contributed by atoms with E-state index in [1.165, 1.54) is 44.5 Å². The molecular formula is C18H22. The summed E-state index contributed by atoms with van der Waals surface area (Å²) in [6.07, 6.45) is 0. The lowest BCUT2D eigenvalue weighted by molar-refractivity contribution is 1.23. The van der Waals surface area contributed by atoms with E-state index in [-0.39, 0.29) is 0 Å². The molecule has 0 spiro atoms. The first-order valence-electron chi connectivity index (χ1n) is 6.56. The van der Waals surface area contributed by atoms with Crippen molar-refractivity contribution in [3.8, 4) is 11.1 Å². The minimum absolute atomic E-state index is 1.34. The molecule has 0 aliphatic rings. The molecule has 94 valence electrons. The average molecular weight is 238 g/mol. The zero-order chi connectivity index (χ0) is 13.4. The second-order valence-corrected chi connectivity index (χ2v) is 5.51. The Morgan fingerprint density at radius 2 is 1.11 bits per heavy atom. The van der Waals surface area contributed by atoms with Crippen LogP contribution in [0.5, 0.6) is 0 Å². The maximum Gasteiger partial charge on any atom is -0.0122 e. The fraction of sp³-hybridized carbons (Fsp3) is 0.333. The molecule has 0 fully saturated rings. The highest BCUT2D eigenvalue weighted by Gasteiger charge is 2.10. The molecule has 0 atom stereocenters. The van der Waals surface area contributed by atoms with Crippen LogP contribution in [-0.2, 0) is 0 Å². The molecule has 0 saturated heterocycles. The van der Waals surface area contributed by atoms with Crippen LogP contribution in [-0.4, -0.2) is 0 Å². The molecule has 0 amide bonds. The molecule has 0 bridgehead atoms. The van der Waals surface area contributed by atoms with Gasteiger partial charge in [-0.05, 0) is 74.9 Å². The van der Waals surface area contributed by atoms with Crippen molar-refractivity contribution in [1.82, 2.24) is 0 Å². The Labute approximate surface area is 111 Å². The third kappa shape index (κ3) is 2.20. The molecule has 0 radical (unpaired) electrons. The van der Waals surface area contributed by atoms with Crippen LogP contribution in [0.1, 0.15) is 33.4 Å². The van der Waals surface area contributed by atoms with Gasteiger partial charge in [0.05, 0.1) is 0 Å². The molecular weight excluding hydrogens is 216 g/mol. The van der Waals surface area contributed by atoms with E-state index in [2.05, 4.69) is 65.8 Å². The summed E-state index contributed by atoms with van der Waals surface area (Å²) < 4.78 is 0. The molecule has 0 aliphatic carbocycles. The SMILES string of the molecule is Cc1cc(C)cc(-c2c(C)cc(C)c(C)c2C)c1. The van der Waals surface area contributed by atoms with Gasteiger partial charge in [-0.2, -0.15) is 0 Å². The number of benzene rings is 2. The highest BCUT2D eigenvalue weighted by molar-refractivity contribution is 5.73. The molecule has 18 heavy (non-hydrogen) atoms. The number of hydrogen-bond donors (Lipinski definition) is 0. The molecule has 2 aromatic rings. The average Bonchev–Trinajstić information content (AvgIpc) is 2.24. The fourth-order valence-corrected chi connectivity index (χ4v) is 2.85. The molecule has 2 aromatic carbocycles. The highest BCUT2D eigenvalue weighted by Crippen LogP contribution is 2.32. The molecule has 0 heterocycles. The predicted octanol–water partition coefficient (Wildman–Crippen LogP) is 5.20. The third-order valence-electron chi connectivity index (χ3n) is 3.87. The van der Waals surface area contributed by atoms with Gasteiger partial charge < -0.3 is 0 Å². The Morgan fingerprint density at radius 3 is 1.67 bits per heavy atom. The predicted molar refractivity (Wildman–Crippen MR) is 80.3 cm³/mol. The van der Waals surface area contributed by atoms with Crippen LogP contribution in [0.25, 0.3) is 11.1 Å². The number of hydrogen-bond acceptors (Lipinski definition) is 0. The molecule has 0 unspecified atom stereocenters. The fourth-order valence-electron chi connectivity index (χ4n) is 2.85. The van der Waals surface area contributed by atoms with E-state index < -0.39 is 0 Å². The Balaban J connectivity index is 2.75. The molecule has 0 aliphatic heterocycles. The summed E-state index contributed by atoms with van der Waals surface area (Å²) in [6, 6.07) is 9.11. The van der Waals surface area contributed by atoms with Gasteiger partial charge >= 0.3 is 0 Å². The second-order valence-electron chi connectivity index (χ2n) is 5.51. The highest BCUT2D eigenvalue weighted by atomic mass is 14.1. The van der Waals surface area contributed by atoms with Crippen LogP contribution in [0.15, 0.2) is 24.3 Å². The van der Waals surface area contributed by atoms with E-state index in [1.54, 1.807) is 0 Å². The zero-order valence-electron chi connectivity index (χ0n) is 12.3. The minimum Gasteiger partial charge on any atom is -0.0563 e. The van der Waals surface area contributed by atoms with Crippen molar-refractivity contribution in [1.29, 1.82) is 0 Å². The van der Waals surface area contributed by atoms with Crippen molar-refractivity contribution in [2.75, 3.05) is 0 Å². The molecule has 0 nitrogen and oxygen atoms in total. The van der Waals surface area contributed by atoms with Gasteiger partial charge in [-0.1, -0.05) is 35.4 Å². The van der Waals surface area contributed by atoms with Crippen molar-refractivity contribution in [2.45, 2.75) is 41.5 Å². The summed E-state index contributed by atoms with van der Waals surface area (Å²) in [5, 5.41) is 0. The lowest BCUT2D eigenvalue weighted by Gasteiger charge is -2.16. The summed E-state index contributed by atoms with van der Waals surface area (Å²) >= 11 is 0. The van der Waals surface area contributed by atoms with E-state index >= 15 is 0 Å². The lowest BCUT2D eigenvalue weighted by atomic mass is 9.89. The van der Waals surface area contributed by atoms with Crippen molar-refractivity contribution < 1.29 is 0 Å². The van der Waals surface area contributed by atoms with Crippen molar-refractivity contribution in [3.05, 3.63) is 57.6 Å². The summed E-state index contributed by atoms with van der Waals surface area (Å²) in [6.45, 7) is 13.2. The maximum atomic E-state index is 2.30. The molecule has 2 rings (SSSR count). The quantitative estimate of drug-likeness (QED) is 0.640. The maximum absolute atomic E-state index is 2.30. The first-order valence-corrected chi connectivity index (χ1v) is 6.56. The van der Waals surface area contributed by atoms with Crippen LogP contribution in [0, 0.1) is 41.5 Å². The summed E-state index contributed by atoms with van der Waals surface area (Å²) in [7, 11) is 0. The van der Waals surface area contributed by atoms with Crippen LogP contribution >= 0.6 is 0 Å². The first kappa shape index (κ1) is 12.9. The van der Waals surface area contributed by atoms with Gasteiger partial charge in [0.2, 0.25) is 0 Å².